The van der Waals surface area contributed by atoms with E-state index in [1.165, 1.54) is 0 Å². The van der Waals surface area contributed by atoms with Gasteiger partial charge in [0.25, 0.3) is 0 Å². The molecule has 0 aliphatic carbocycles. The zero-order chi connectivity index (χ0) is 14.3. The lowest BCUT2D eigenvalue weighted by Crippen LogP contribution is -2.16. The van der Waals surface area contributed by atoms with E-state index in [2.05, 4.69) is 29.1 Å². The van der Waals surface area contributed by atoms with Crippen LogP contribution in [0.2, 0.25) is 0 Å². The van der Waals surface area contributed by atoms with Gasteiger partial charge in [0.05, 0.1) is 0 Å². The molecule has 0 bridgehead atoms. The van der Waals surface area contributed by atoms with E-state index in [1.807, 2.05) is 6.92 Å². The van der Waals surface area contributed by atoms with Crippen LogP contribution in [0.15, 0.2) is 12.4 Å². The van der Waals surface area contributed by atoms with E-state index < -0.39 is 5.97 Å². The van der Waals surface area contributed by atoms with E-state index >= 15 is 0 Å². The minimum atomic E-state index is -0.722. The first-order valence-corrected chi connectivity index (χ1v) is 6.73. The third-order valence-electron chi connectivity index (χ3n) is 3.25. The molecular weight excluding hydrogens is 242 g/mol. The first-order chi connectivity index (χ1) is 8.99. The summed E-state index contributed by atoms with van der Waals surface area (Å²) in [5.41, 5.74) is 1.03. The fourth-order valence-electron chi connectivity index (χ4n) is 1.97. The Kier molecular flexibility index (Phi) is 6.25. The monoisotopic (exact) mass is 265 g/mol. The Morgan fingerprint density at radius 3 is 2.47 bits per heavy atom. The van der Waals surface area contributed by atoms with E-state index in [0.717, 1.165) is 24.9 Å². The maximum absolute atomic E-state index is 10.6. The highest BCUT2D eigenvalue weighted by Gasteiger charge is 2.14. The molecule has 1 rings (SSSR count). The average Bonchev–Trinajstić information content (AvgIpc) is 2.35. The fourth-order valence-corrected chi connectivity index (χ4v) is 1.97. The van der Waals surface area contributed by atoms with Crippen LogP contribution in [0.4, 0.5) is 5.95 Å². The van der Waals surface area contributed by atoms with Gasteiger partial charge in [-0.3, -0.25) is 4.79 Å². The Morgan fingerprint density at radius 2 is 1.95 bits per heavy atom. The number of carboxylic acids is 1. The second-order valence-electron chi connectivity index (χ2n) is 5.24. The quantitative estimate of drug-likeness (QED) is 0.756. The molecule has 0 fully saturated rings. The molecule has 1 atom stereocenters. The highest BCUT2D eigenvalue weighted by atomic mass is 16.4. The van der Waals surface area contributed by atoms with Crippen molar-refractivity contribution in [3.63, 3.8) is 0 Å². The topological polar surface area (TPSA) is 75.1 Å². The van der Waals surface area contributed by atoms with Crippen LogP contribution in [0.1, 0.15) is 38.7 Å². The van der Waals surface area contributed by atoms with E-state index in [1.54, 1.807) is 12.4 Å². The van der Waals surface area contributed by atoms with Crippen molar-refractivity contribution in [3.05, 3.63) is 18.0 Å². The van der Waals surface area contributed by atoms with Gasteiger partial charge in [0.15, 0.2) is 0 Å². The third-order valence-corrected chi connectivity index (χ3v) is 3.25. The molecule has 0 saturated carbocycles. The molecule has 0 aliphatic heterocycles. The van der Waals surface area contributed by atoms with Gasteiger partial charge in [0.1, 0.15) is 0 Å². The Balaban J connectivity index is 2.35. The molecular formula is C14H23N3O2. The lowest BCUT2D eigenvalue weighted by Gasteiger charge is -2.20. The number of carbonyl (C=O) groups is 1. The summed E-state index contributed by atoms with van der Waals surface area (Å²) in [6.07, 6.45) is 5.45. The number of nitrogens with zero attached hydrogens (tertiary/aromatic N) is 2. The molecule has 1 unspecified atom stereocenters. The number of carboxylic acid groups (broad SMARTS) is 1. The summed E-state index contributed by atoms with van der Waals surface area (Å²) >= 11 is 0. The summed E-state index contributed by atoms with van der Waals surface area (Å²) in [6, 6.07) is 0. The summed E-state index contributed by atoms with van der Waals surface area (Å²) < 4.78 is 0. The van der Waals surface area contributed by atoms with Crippen molar-refractivity contribution >= 4 is 11.9 Å². The van der Waals surface area contributed by atoms with Crippen molar-refractivity contribution in [3.8, 4) is 0 Å². The van der Waals surface area contributed by atoms with Crippen LogP contribution in [0.25, 0.3) is 0 Å². The van der Waals surface area contributed by atoms with Crippen LogP contribution >= 0.6 is 0 Å². The van der Waals surface area contributed by atoms with Crippen molar-refractivity contribution in [1.29, 1.82) is 0 Å². The van der Waals surface area contributed by atoms with Crippen LogP contribution < -0.4 is 5.32 Å². The molecule has 106 valence electrons. The molecule has 5 heteroatoms. The zero-order valence-electron chi connectivity index (χ0n) is 11.9. The predicted octanol–water partition coefficient (Wildman–Crippen LogP) is 2.72. The van der Waals surface area contributed by atoms with Crippen LogP contribution in [0.3, 0.4) is 0 Å². The van der Waals surface area contributed by atoms with Gasteiger partial charge >= 0.3 is 5.97 Å². The summed E-state index contributed by atoms with van der Waals surface area (Å²) in [4.78, 5) is 19.0. The lowest BCUT2D eigenvalue weighted by molar-refractivity contribution is -0.137. The van der Waals surface area contributed by atoms with Crippen LogP contribution in [0.5, 0.6) is 0 Å². The van der Waals surface area contributed by atoms with E-state index in [0.29, 0.717) is 17.8 Å². The lowest BCUT2D eigenvalue weighted by atomic mass is 9.88. The van der Waals surface area contributed by atoms with Crippen LogP contribution in [-0.4, -0.2) is 27.6 Å². The van der Waals surface area contributed by atoms with Crippen LogP contribution in [-0.2, 0) is 4.79 Å². The highest BCUT2D eigenvalue weighted by Crippen LogP contribution is 2.20. The summed E-state index contributed by atoms with van der Waals surface area (Å²) in [5.74, 6) is 0.806. The molecule has 0 aromatic carbocycles. The number of aliphatic carboxylic acids is 1. The Bertz CT molecular complexity index is 390. The zero-order valence-corrected chi connectivity index (χ0v) is 11.9. The number of anilines is 1. The van der Waals surface area contributed by atoms with Gasteiger partial charge in [-0.1, -0.05) is 13.8 Å². The molecule has 0 aliphatic rings. The molecule has 0 saturated heterocycles. The molecule has 1 aromatic rings. The molecule has 2 N–H and O–H groups in total. The first-order valence-electron chi connectivity index (χ1n) is 6.73. The second kappa shape index (κ2) is 7.71. The normalized spacial score (nSPS) is 12.4. The number of aromatic nitrogens is 2. The van der Waals surface area contributed by atoms with Gasteiger partial charge < -0.3 is 10.4 Å². The Labute approximate surface area is 114 Å². The predicted molar refractivity (Wildman–Crippen MR) is 75.1 cm³/mol. The van der Waals surface area contributed by atoms with E-state index in [9.17, 15) is 4.79 Å². The number of rotatable bonds is 8. The van der Waals surface area contributed by atoms with E-state index in [-0.39, 0.29) is 6.42 Å². The number of hydrogen-bond acceptors (Lipinski definition) is 4. The fraction of sp³-hybridized carbons (Fsp3) is 0.643. The number of hydrogen-bond donors (Lipinski definition) is 2. The minimum Gasteiger partial charge on any atom is -0.481 e. The molecule has 1 aromatic heterocycles. The minimum absolute atomic E-state index is 0.240. The summed E-state index contributed by atoms with van der Waals surface area (Å²) in [5, 5.41) is 11.9. The molecule has 0 spiro atoms. The van der Waals surface area contributed by atoms with Gasteiger partial charge in [-0.25, -0.2) is 9.97 Å². The first kappa shape index (κ1) is 15.4. The Hall–Kier alpha value is -1.65. The SMILES string of the molecule is Cc1cnc(NCCC(CCC(=O)O)C(C)C)nc1. The smallest absolute Gasteiger partial charge is 0.303 e. The van der Waals surface area contributed by atoms with Crippen molar-refractivity contribution in [2.45, 2.75) is 40.0 Å². The van der Waals surface area contributed by atoms with Gasteiger partial charge in [-0.05, 0) is 37.2 Å². The number of aryl methyl sites for hydroxylation is 1. The summed E-state index contributed by atoms with van der Waals surface area (Å²) in [6.45, 7) is 6.99. The van der Waals surface area contributed by atoms with Gasteiger partial charge in [0.2, 0.25) is 5.95 Å². The van der Waals surface area contributed by atoms with Crippen molar-refractivity contribution in [1.82, 2.24) is 9.97 Å². The Morgan fingerprint density at radius 1 is 1.32 bits per heavy atom. The largest absolute Gasteiger partial charge is 0.481 e. The van der Waals surface area contributed by atoms with Crippen LogP contribution in [0, 0.1) is 18.8 Å². The molecule has 19 heavy (non-hydrogen) atoms. The molecule has 0 radical (unpaired) electrons. The standard InChI is InChI=1S/C14H23N3O2/c1-10(2)12(4-5-13(18)19)6-7-15-14-16-8-11(3)9-17-14/h8-10,12H,4-7H2,1-3H3,(H,18,19)(H,15,16,17). The van der Waals surface area contributed by atoms with Crippen molar-refractivity contribution in [2.75, 3.05) is 11.9 Å². The molecule has 1 heterocycles. The molecule has 0 amide bonds. The average molecular weight is 265 g/mol. The third kappa shape index (κ3) is 6.18. The van der Waals surface area contributed by atoms with Crippen molar-refractivity contribution < 1.29 is 9.90 Å². The van der Waals surface area contributed by atoms with E-state index in [4.69, 9.17) is 5.11 Å². The summed E-state index contributed by atoms with van der Waals surface area (Å²) in [7, 11) is 0. The van der Waals surface area contributed by atoms with Gasteiger partial charge in [-0.2, -0.15) is 0 Å². The second-order valence-corrected chi connectivity index (χ2v) is 5.24. The molecule has 5 nitrogen and oxygen atoms in total. The van der Waals surface area contributed by atoms with Gasteiger partial charge in [0, 0.05) is 25.4 Å². The van der Waals surface area contributed by atoms with Gasteiger partial charge in [-0.15, -0.1) is 0 Å². The maximum atomic E-state index is 10.6. The highest BCUT2D eigenvalue weighted by molar-refractivity contribution is 5.66. The maximum Gasteiger partial charge on any atom is 0.303 e. The van der Waals surface area contributed by atoms with Crippen molar-refractivity contribution in [2.24, 2.45) is 11.8 Å². The number of nitrogens with one attached hydrogen (secondary N) is 1.